The van der Waals surface area contributed by atoms with Crippen LogP contribution in [0.15, 0.2) is 11.6 Å². The zero-order valence-electron chi connectivity index (χ0n) is 16.9. The molecule has 146 valence electrons. The molecule has 0 bridgehead atoms. The van der Waals surface area contributed by atoms with Crippen molar-refractivity contribution in [1.29, 1.82) is 0 Å². The lowest BCUT2D eigenvalue weighted by molar-refractivity contribution is -0.148. The molecule has 2 aliphatic rings. The lowest BCUT2D eigenvalue weighted by Gasteiger charge is -2.52. The Bertz CT molecular complexity index is 572. The maximum Gasteiger partial charge on any atom is 0.303 e. The Morgan fingerprint density at radius 3 is 2.69 bits per heavy atom. The molecule has 0 aromatic carbocycles. The molecule has 26 heavy (non-hydrogen) atoms. The Kier molecular flexibility index (Phi) is 6.54. The van der Waals surface area contributed by atoms with Gasteiger partial charge in [-0.3, -0.25) is 9.59 Å². The van der Waals surface area contributed by atoms with E-state index in [9.17, 15) is 14.7 Å². The maximum atomic E-state index is 11.9. The van der Waals surface area contributed by atoms with Crippen LogP contribution in [-0.4, -0.2) is 47.2 Å². The first kappa shape index (κ1) is 20.9. The number of rotatable bonds is 5. The van der Waals surface area contributed by atoms with Crippen molar-refractivity contribution in [3.05, 3.63) is 18.1 Å². The molecule has 2 aliphatic carbocycles. The number of fused-ring (bicyclic) bond motifs is 1. The third kappa shape index (κ3) is 4.13. The van der Waals surface area contributed by atoms with Crippen molar-refractivity contribution in [2.75, 3.05) is 13.6 Å². The first-order valence-electron chi connectivity index (χ1n) is 9.69. The smallest absolute Gasteiger partial charge is 0.303 e. The molecule has 5 nitrogen and oxygen atoms in total. The van der Waals surface area contributed by atoms with Gasteiger partial charge in [-0.25, -0.2) is 0 Å². The van der Waals surface area contributed by atoms with Crippen LogP contribution in [0.4, 0.5) is 0 Å². The van der Waals surface area contributed by atoms with E-state index in [-0.39, 0.29) is 35.5 Å². The number of aliphatic hydroxyl groups is 1. The number of ether oxygens (including phenoxy) is 1. The van der Waals surface area contributed by atoms with Gasteiger partial charge >= 0.3 is 5.97 Å². The number of carbonyl (C=O) groups excluding carboxylic acids is 2. The maximum absolute atomic E-state index is 11.9. The van der Waals surface area contributed by atoms with Gasteiger partial charge in [0.2, 0.25) is 5.91 Å². The minimum atomic E-state index is -1.11. The largest absolute Gasteiger partial charge is 0.457 e. The second-order valence-corrected chi connectivity index (χ2v) is 8.14. The van der Waals surface area contributed by atoms with E-state index in [0.29, 0.717) is 13.0 Å². The zero-order valence-corrected chi connectivity index (χ0v) is 16.9. The fourth-order valence-electron chi connectivity index (χ4n) is 4.55. The number of amides is 1. The molecule has 0 aromatic rings. The predicted molar refractivity (Wildman–Crippen MR) is 100.0 cm³/mol. The van der Waals surface area contributed by atoms with Gasteiger partial charge in [0, 0.05) is 32.9 Å². The van der Waals surface area contributed by atoms with E-state index in [1.807, 2.05) is 27.8 Å². The highest BCUT2D eigenvalue weighted by atomic mass is 16.5. The molecule has 0 aliphatic heterocycles. The minimum absolute atomic E-state index is 0.0494. The van der Waals surface area contributed by atoms with Crippen molar-refractivity contribution in [3.63, 3.8) is 0 Å². The van der Waals surface area contributed by atoms with Crippen LogP contribution in [0.1, 0.15) is 53.9 Å². The van der Waals surface area contributed by atoms with Crippen LogP contribution in [0.5, 0.6) is 0 Å². The first-order chi connectivity index (χ1) is 12.1. The van der Waals surface area contributed by atoms with Crippen molar-refractivity contribution in [3.8, 4) is 0 Å². The summed E-state index contributed by atoms with van der Waals surface area (Å²) >= 11 is 0. The van der Waals surface area contributed by atoms with E-state index < -0.39 is 11.7 Å². The van der Waals surface area contributed by atoms with E-state index in [0.717, 1.165) is 18.4 Å². The number of hydrogen-bond donors (Lipinski definition) is 1. The van der Waals surface area contributed by atoms with Gasteiger partial charge in [-0.05, 0) is 43.1 Å². The highest BCUT2D eigenvalue weighted by Crippen LogP contribution is 2.50. The normalized spacial score (nSPS) is 35.1. The Hall–Kier alpha value is -1.36. The Morgan fingerprint density at radius 2 is 2.12 bits per heavy atom. The van der Waals surface area contributed by atoms with Crippen LogP contribution in [0.25, 0.3) is 0 Å². The van der Waals surface area contributed by atoms with Gasteiger partial charge in [-0.2, -0.15) is 0 Å². The summed E-state index contributed by atoms with van der Waals surface area (Å²) in [5.74, 6) is 0.260. The zero-order chi connectivity index (χ0) is 19.6. The molecule has 2 rings (SSSR count). The van der Waals surface area contributed by atoms with Gasteiger partial charge in [0.05, 0.1) is 12.0 Å². The number of nitrogens with zero attached hydrogens (tertiary/aromatic N) is 1. The van der Waals surface area contributed by atoms with Crippen molar-refractivity contribution in [2.45, 2.75) is 65.6 Å². The highest BCUT2D eigenvalue weighted by Gasteiger charge is 2.53. The molecule has 0 heterocycles. The molecule has 5 heteroatoms. The van der Waals surface area contributed by atoms with E-state index in [2.05, 4.69) is 19.4 Å². The van der Waals surface area contributed by atoms with Gasteiger partial charge in [-0.15, -0.1) is 0 Å². The van der Waals surface area contributed by atoms with Crippen LogP contribution in [-0.2, 0) is 14.3 Å². The third-order valence-electron chi connectivity index (χ3n) is 6.18. The van der Waals surface area contributed by atoms with E-state index in [1.54, 1.807) is 4.90 Å². The molecular weight excluding hydrogens is 330 g/mol. The van der Waals surface area contributed by atoms with Crippen molar-refractivity contribution in [1.82, 2.24) is 4.90 Å². The highest BCUT2D eigenvalue weighted by molar-refractivity contribution is 5.75. The molecule has 2 radical (unpaired) electrons. The first-order valence-corrected chi connectivity index (χ1v) is 9.69. The summed E-state index contributed by atoms with van der Waals surface area (Å²) in [6, 6.07) is 0. The molecule has 0 spiro atoms. The monoisotopic (exact) mass is 363 g/mol. The van der Waals surface area contributed by atoms with Crippen LogP contribution < -0.4 is 0 Å². The number of esters is 1. The summed E-state index contributed by atoms with van der Waals surface area (Å²) in [4.78, 5) is 25.1. The Morgan fingerprint density at radius 1 is 1.46 bits per heavy atom. The summed E-state index contributed by atoms with van der Waals surface area (Å²) in [6.45, 7) is 10.0. The predicted octanol–water partition coefficient (Wildman–Crippen LogP) is 2.86. The average Bonchev–Trinajstić information content (AvgIpc) is 2.56. The summed E-state index contributed by atoms with van der Waals surface area (Å²) in [7, 11) is 1.84. The van der Waals surface area contributed by atoms with Gasteiger partial charge in [-0.1, -0.05) is 26.8 Å². The molecular formula is C21H33NO4. The SMILES string of the molecule is CCC(=O)N(C)C[C@@H](C)[C@@H]1CC[C@@H](C)[C@]2(O)[C][C@@H](OC(C)=O)C(C)=C[C@H]12. The fraction of sp³-hybridized carbons (Fsp3) is 0.762. The van der Waals surface area contributed by atoms with Crippen LogP contribution in [0.2, 0.25) is 0 Å². The molecule has 0 aromatic heterocycles. The minimum Gasteiger partial charge on any atom is -0.457 e. The average molecular weight is 363 g/mol. The van der Waals surface area contributed by atoms with E-state index >= 15 is 0 Å². The van der Waals surface area contributed by atoms with Crippen LogP contribution in [0, 0.1) is 30.1 Å². The number of carbonyl (C=O) groups is 2. The topological polar surface area (TPSA) is 66.8 Å². The van der Waals surface area contributed by atoms with Gasteiger partial charge < -0.3 is 14.7 Å². The standard InChI is InChI=1S/C21H33NO4/c1-7-20(24)22(6)12-14(3)17-9-8-15(4)21(25)11-19(26-16(5)23)13(2)10-18(17)21/h10,14-15,17-19,25H,7-9,12H2,1-6H3/t14-,15-,17+,18-,19-,21-/m1/s1. The van der Waals surface area contributed by atoms with Crippen LogP contribution in [0.3, 0.4) is 0 Å². The van der Waals surface area contributed by atoms with E-state index in [1.165, 1.54) is 6.92 Å². The molecule has 1 N–H and O–H groups in total. The lowest BCUT2D eigenvalue weighted by atomic mass is 9.57. The molecule has 1 fully saturated rings. The Labute approximate surface area is 157 Å². The summed E-state index contributed by atoms with van der Waals surface area (Å²) in [6.07, 6.45) is 7.08. The van der Waals surface area contributed by atoms with Crippen molar-refractivity contribution in [2.24, 2.45) is 23.7 Å². The summed E-state index contributed by atoms with van der Waals surface area (Å²) < 4.78 is 5.34. The second-order valence-electron chi connectivity index (χ2n) is 8.14. The van der Waals surface area contributed by atoms with E-state index in [4.69, 9.17) is 4.74 Å². The van der Waals surface area contributed by atoms with Crippen LogP contribution >= 0.6 is 0 Å². The summed E-state index contributed by atoms with van der Waals surface area (Å²) in [5, 5.41) is 11.4. The molecule has 1 amide bonds. The molecule has 0 unspecified atom stereocenters. The van der Waals surface area contributed by atoms with Gasteiger partial charge in [0.1, 0.15) is 6.10 Å². The number of hydrogen-bond acceptors (Lipinski definition) is 4. The van der Waals surface area contributed by atoms with Crippen molar-refractivity contribution < 1.29 is 19.4 Å². The lowest BCUT2D eigenvalue weighted by Crippen LogP contribution is -2.56. The Balaban J connectivity index is 2.24. The molecule has 1 saturated carbocycles. The van der Waals surface area contributed by atoms with Gasteiger partial charge in [0.25, 0.3) is 0 Å². The third-order valence-corrected chi connectivity index (χ3v) is 6.18. The fourth-order valence-corrected chi connectivity index (χ4v) is 4.55. The molecule has 6 atom stereocenters. The van der Waals surface area contributed by atoms with Gasteiger partial charge in [0.15, 0.2) is 0 Å². The summed E-state index contributed by atoms with van der Waals surface area (Å²) in [5.41, 5.74) is -0.191. The quantitative estimate of drug-likeness (QED) is 0.602. The second kappa shape index (κ2) is 8.12. The van der Waals surface area contributed by atoms with Crippen molar-refractivity contribution >= 4 is 11.9 Å². The molecule has 0 saturated heterocycles.